The van der Waals surface area contributed by atoms with E-state index in [1.54, 1.807) is 12.1 Å². The second kappa shape index (κ2) is 7.88. The van der Waals surface area contributed by atoms with Crippen molar-refractivity contribution >= 4 is 0 Å². The first-order valence-corrected chi connectivity index (χ1v) is 7.31. The smallest absolute Gasteiger partial charge is 0.120 e. The van der Waals surface area contributed by atoms with Crippen LogP contribution in [0.3, 0.4) is 0 Å². The van der Waals surface area contributed by atoms with Gasteiger partial charge in [0.05, 0.1) is 11.6 Å². The summed E-state index contributed by atoms with van der Waals surface area (Å²) in [6.07, 6.45) is 4.51. The van der Waals surface area contributed by atoms with Crippen molar-refractivity contribution in [2.24, 2.45) is 0 Å². The third kappa shape index (κ3) is 4.22. The SMILES string of the molecule is N#Cc1cccc(OCCN2CCCCC2CCO)c1. The zero-order chi connectivity index (χ0) is 14.2. The topological polar surface area (TPSA) is 56.5 Å². The molecule has 1 N–H and O–H groups in total. The fourth-order valence-electron chi connectivity index (χ4n) is 2.77. The third-order valence-corrected chi connectivity index (χ3v) is 3.82. The molecule has 4 heteroatoms. The minimum atomic E-state index is 0.256. The summed E-state index contributed by atoms with van der Waals surface area (Å²) in [4.78, 5) is 2.41. The van der Waals surface area contributed by atoms with Gasteiger partial charge in [0.15, 0.2) is 0 Å². The number of ether oxygens (including phenoxy) is 1. The number of hydrogen-bond acceptors (Lipinski definition) is 4. The van der Waals surface area contributed by atoms with Gasteiger partial charge in [0.1, 0.15) is 12.4 Å². The highest BCUT2D eigenvalue weighted by Gasteiger charge is 2.21. The number of aliphatic hydroxyl groups excluding tert-OH is 1. The van der Waals surface area contributed by atoms with Gasteiger partial charge in [0.2, 0.25) is 0 Å². The standard InChI is InChI=1S/C16H22N2O2/c17-13-14-4-3-6-16(12-14)20-11-9-18-8-2-1-5-15(18)7-10-19/h3-4,6,12,15,19H,1-2,5,7-11H2. The molecule has 0 bridgehead atoms. The first-order chi connectivity index (χ1) is 9.83. The van der Waals surface area contributed by atoms with E-state index in [4.69, 9.17) is 15.1 Å². The molecule has 1 unspecified atom stereocenters. The lowest BCUT2D eigenvalue weighted by molar-refractivity contribution is 0.102. The van der Waals surface area contributed by atoms with E-state index < -0.39 is 0 Å². The predicted octanol–water partition coefficient (Wildman–Crippen LogP) is 2.17. The van der Waals surface area contributed by atoms with Crippen LogP contribution in [-0.2, 0) is 0 Å². The maximum absolute atomic E-state index is 9.11. The monoisotopic (exact) mass is 274 g/mol. The Morgan fingerprint density at radius 1 is 1.40 bits per heavy atom. The van der Waals surface area contributed by atoms with Crippen molar-refractivity contribution in [1.82, 2.24) is 4.90 Å². The van der Waals surface area contributed by atoms with Crippen molar-refractivity contribution in [3.63, 3.8) is 0 Å². The van der Waals surface area contributed by atoms with Crippen LogP contribution < -0.4 is 4.74 Å². The molecule has 0 amide bonds. The number of benzene rings is 1. The van der Waals surface area contributed by atoms with Crippen LogP contribution in [0.25, 0.3) is 0 Å². The minimum absolute atomic E-state index is 0.256. The van der Waals surface area contributed by atoms with Crippen molar-refractivity contribution < 1.29 is 9.84 Å². The highest BCUT2D eigenvalue weighted by atomic mass is 16.5. The summed E-state index contributed by atoms with van der Waals surface area (Å²) < 4.78 is 5.72. The molecule has 0 saturated carbocycles. The molecule has 0 aromatic heterocycles. The number of nitriles is 1. The van der Waals surface area contributed by atoms with Crippen molar-refractivity contribution in [2.75, 3.05) is 26.3 Å². The summed E-state index contributed by atoms with van der Waals surface area (Å²) in [6, 6.07) is 9.85. The Kier molecular flexibility index (Phi) is 5.85. The summed E-state index contributed by atoms with van der Waals surface area (Å²) >= 11 is 0. The minimum Gasteiger partial charge on any atom is -0.492 e. The number of aliphatic hydroxyl groups is 1. The predicted molar refractivity (Wildman–Crippen MR) is 77.6 cm³/mol. The van der Waals surface area contributed by atoms with Crippen molar-refractivity contribution in [3.05, 3.63) is 29.8 Å². The van der Waals surface area contributed by atoms with E-state index in [-0.39, 0.29) is 6.61 Å². The molecule has 1 aliphatic heterocycles. The number of hydrogen-bond donors (Lipinski definition) is 1. The molecule has 1 aromatic rings. The van der Waals surface area contributed by atoms with Gasteiger partial charge in [0.25, 0.3) is 0 Å². The van der Waals surface area contributed by atoms with Crippen LogP contribution in [0.15, 0.2) is 24.3 Å². The number of likely N-dealkylation sites (tertiary alicyclic amines) is 1. The second-order valence-electron chi connectivity index (χ2n) is 5.19. The van der Waals surface area contributed by atoms with Gasteiger partial charge in [-0.25, -0.2) is 0 Å². The molecule has 0 aliphatic carbocycles. The molecule has 1 atom stereocenters. The van der Waals surface area contributed by atoms with Gasteiger partial charge in [0, 0.05) is 19.2 Å². The highest BCUT2D eigenvalue weighted by molar-refractivity contribution is 5.36. The maximum atomic E-state index is 9.11. The van der Waals surface area contributed by atoms with Gasteiger partial charge in [-0.15, -0.1) is 0 Å². The van der Waals surface area contributed by atoms with Gasteiger partial charge < -0.3 is 9.84 Å². The first kappa shape index (κ1) is 14.8. The quantitative estimate of drug-likeness (QED) is 0.864. The van der Waals surface area contributed by atoms with Gasteiger partial charge in [-0.1, -0.05) is 12.5 Å². The lowest BCUT2D eigenvalue weighted by Crippen LogP contribution is -2.42. The normalized spacial score (nSPS) is 19.5. The Balaban J connectivity index is 1.80. The van der Waals surface area contributed by atoms with Crippen LogP contribution in [0.1, 0.15) is 31.2 Å². The van der Waals surface area contributed by atoms with Crippen LogP contribution in [0.2, 0.25) is 0 Å². The zero-order valence-electron chi connectivity index (χ0n) is 11.8. The molecule has 1 fully saturated rings. The number of rotatable bonds is 6. The molecule has 20 heavy (non-hydrogen) atoms. The Hall–Kier alpha value is -1.57. The Bertz CT molecular complexity index is 454. The van der Waals surface area contributed by atoms with Crippen LogP contribution in [0.5, 0.6) is 5.75 Å². The van der Waals surface area contributed by atoms with E-state index in [0.29, 0.717) is 18.2 Å². The van der Waals surface area contributed by atoms with E-state index in [1.807, 2.05) is 12.1 Å². The number of piperidine rings is 1. The summed E-state index contributed by atoms with van der Waals surface area (Å²) in [5.74, 6) is 0.750. The lowest BCUT2D eigenvalue weighted by Gasteiger charge is -2.35. The number of nitrogens with zero attached hydrogens (tertiary/aromatic N) is 2. The maximum Gasteiger partial charge on any atom is 0.120 e. The average molecular weight is 274 g/mol. The van der Waals surface area contributed by atoms with Crippen LogP contribution in [0.4, 0.5) is 0 Å². The highest BCUT2D eigenvalue weighted by Crippen LogP contribution is 2.19. The van der Waals surface area contributed by atoms with E-state index in [0.717, 1.165) is 25.3 Å². The molecule has 1 aliphatic rings. The molecule has 4 nitrogen and oxygen atoms in total. The zero-order valence-corrected chi connectivity index (χ0v) is 11.8. The van der Waals surface area contributed by atoms with E-state index in [1.165, 1.54) is 19.3 Å². The van der Waals surface area contributed by atoms with Gasteiger partial charge in [-0.3, -0.25) is 4.90 Å². The van der Waals surface area contributed by atoms with Crippen LogP contribution in [0, 0.1) is 11.3 Å². The molecule has 2 rings (SSSR count). The molecular weight excluding hydrogens is 252 g/mol. The molecule has 108 valence electrons. The first-order valence-electron chi connectivity index (χ1n) is 7.31. The fourth-order valence-corrected chi connectivity index (χ4v) is 2.77. The van der Waals surface area contributed by atoms with Gasteiger partial charge >= 0.3 is 0 Å². The Labute approximate surface area is 120 Å². The lowest BCUT2D eigenvalue weighted by atomic mass is 10.00. The Morgan fingerprint density at radius 2 is 2.30 bits per heavy atom. The van der Waals surface area contributed by atoms with Crippen molar-refractivity contribution in [3.8, 4) is 11.8 Å². The molecule has 1 aromatic carbocycles. The van der Waals surface area contributed by atoms with E-state index >= 15 is 0 Å². The molecule has 0 radical (unpaired) electrons. The molecule has 1 heterocycles. The third-order valence-electron chi connectivity index (χ3n) is 3.82. The Morgan fingerprint density at radius 3 is 3.10 bits per heavy atom. The van der Waals surface area contributed by atoms with E-state index in [9.17, 15) is 0 Å². The van der Waals surface area contributed by atoms with E-state index in [2.05, 4.69) is 11.0 Å². The van der Waals surface area contributed by atoms with Gasteiger partial charge in [-0.2, -0.15) is 5.26 Å². The molecular formula is C16H22N2O2. The molecule has 0 spiro atoms. The van der Waals surface area contributed by atoms with Crippen LogP contribution in [-0.4, -0.2) is 42.4 Å². The summed E-state index contributed by atoms with van der Waals surface area (Å²) in [5.41, 5.74) is 0.624. The van der Waals surface area contributed by atoms with Gasteiger partial charge in [-0.05, 0) is 44.0 Å². The largest absolute Gasteiger partial charge is 0.492 e. The summed E-state index contributed by atoms with van der Waals surface area (Å²) in [5, 5.41) is 18.0. The van der Waals surface area contributed by atoms with Crippen molar-refractivity contribution in [1.29, 1.82) is 5.26 Å². The molecule has 1 saturated heterocycles. The van der Waals surface area contributed by atoms with Crippen LogP contribution >= 0.6 is 0 Å². The average Bonchev–Trinajstić information content (AvgIpc) is 2.49. The van der Waals surface area contributed by atoms with Crippen molar-refractivity contribution in [2.45, 2.75) is 31.7 Å². The summed E-state index contributed by atoms with van der Waals surface area (Å²) in [7, 11) is 0. The fraction of sp³-hybridized carbons (Fsp3) is 0.562. The summed E-state index contributed by atoms with van der Waals surface area (Å²) in [6.45, 7) is 2.84. The second-order valence-corrected chi connectivity index (χ2v) is 5.19.